The van der Waals surface area contributed by atoms with Crippen molar-refractivity contribution in [1.29, 1.82) is 0 Å². The van der Waals surface area contributed by atoms with E-state index < -0.39 is 16.0 Å². The number of carbonyl (C=O) groups is 2. The SMILES string of the molecule is Cc1ccc(S(=O)(=O)N2CCCN(C(=O)CC(C)CC(=O)O)CC2)cc1. The Labute approximate surface area is 154 Å². The fourth-order valence-corrected chi connectivity index (χ4v) is 4.51. The minimum Gasteiger partial charge on any atom is -0.481 e. The van der Waals surface area contributed by atoms with Crippen LogP contribution >= 0.6 is 0 Å². The van der Waals surface area contributed by atoms with Gasteiger partial charge in [0.2, 0.25) is 15.9 Å². The molecular weight excluding hydrogens is 356 g/mol. The maximum atomic E-state index is 12.8. The normalized spacial score (nSPS) is 17.5. The van der Waals surface area contributed by atoms with Crippen LogP contribution in [0.3, 0.4) is 0 Å². The van der Waals surface area contributed by atoms with Gasteiger partial charge >= 0.3 is 5.97 Å². The number of hydrogen-bond acceptors (Lipinski definition) is 4. The van der Waals surface area contributed by atoms with E-state index in [4.69, 9.17) is 5.11 Å². The fourth-order valence-electron chi connectivity index (χ4n) is 3.04. The van der Waals surface area contributed by atoms with E-state index in [1.807, 2.05) is 6.92 Å². The molecule has 1 heterocycles. The molecular formula is C18H26N2O5S. The number of nitrogens with zero attached hydrogens (tertiary/aromatic N) is 2. The van der Waals surface area contributed by atoms with Gasteiger partial charge < -0.3 is 10.0 Å². The molecule has 1 aromatic rings. The van der Waals surface area contributed by atoms with Gasteiger partial charge in [-0.25, -0.2) is 8.42 Å². The molecule has 26 heavy (non-hydrogen) atoms. The summed E-state index contributed by atoms with van der Waals surface area (Å²) < 4.78 is 27.0. The molecule has 1 aromatic carbocycles. The summed E-state index contributed by atoms with van der Waals surface area (Å²) in [6.45, 7) is 5.05. The molecule has 1 aliphatic heterocycles. The molecule has 8 heteroatoms. The van der Waals surface area contributed by atoms with Crippen LogP contribution in [-0.2, 0) is 19.6 Å². The van der Waals surface area contributed by atoms with E-state index in [0.717, 1.165) is 5.56 Å². The highest BCUT2D eigenvalue weighted by molar-refractivity contribution is 7.89. The van der Waals surface area contributed by atoms with Crippen molar-refractivity contribution in [1.82, 2.24) is 9.21 Å². The second kappa shape index (κ2) is 8.64. The van der Waals surface area contributed by atoms with Gasteiger partial charge in [0.1, 0.15) is 0 Å². The highest BCUT2D eigenvalue weighted by Crippen LogP contribution is 2.19. The molecule has 0 aromatic heterocycles. The Morgan fingerprint density at radius 1 is 1.08 bits per heavy atom. The third-order valence-corrected chi connectivity index (χ3v) is 6.43. The molecule has 0 radical (unpaired) electrons. The summed E-state index contributed by atoms with van der Waals surface area (Å²) >= 11 is 0. The molecule has 0 aliphatic carbocycles. The van der Waals surface area contributed by atoms with Crippen LogP contribution in [0.15, 0.2) is 29.2 Å². The maximum Gasteiger partial charge on any atom is 0.303 e. The smallest absolute Gasteiger partial charge is 0.303 e. The Morgan fingerprint density at radius 3 is 2.35 bits per heavy atom. The average molecular weight is 382 g/mol. The van der Waals surface area contributed by atoms with Crippen molar-refractivity contribution in [3.63, 3.8) is 0 Å². The zero-order chi connectivity index (χ0) is 19.3. The monoisotopic (exact) mass is 382 g/mol. The largest absolute Gasteiger partial charge is 0.481 e. The van der Waals surface area contributed by atoms with Gasteiger partial charge in [0, 0.05) is 39.0 Å². The number of carbonyl (C=O) groups excluding carboxylic acids is 1. The molecule has 2 rings (SSSR count). The van der Waals surface area contributed by atoms with Crippen molar-refractivity contribution in [2.45, 2.75) is 38.0 Å². The highest BCUT2D eigenvalue weighted by atomic mass is 32.2. The van der Waals surface area contributed by atoms with Gasteiger partial charge in [-0.1, -0.05) is 24.6 Å². The number of hydrogen-bond donors (Lipinski definition) is 1. The number of aliphatic carboxylic acids is 1. The van der Waals surface area contributed by atoms with Crippen LogP contribution < -0.4 is 0 Å². The number of amides is 1. The molecule has 1 fully saturated rings. The van der Waals surface area contributed by atoms with E-state index in [-0.39, 0.29) is 36.1 Å². The van der Waals surface area contributed by atoms with Crippen molar-refractivity contribution in [2.24, 2.45) is 5.92 Å². The minimum atomic E-state index is -3.57. The summed E-state index contributed by atoms with van der Waals surface area (Å²) in [5.41, 5.74) is 0.993. The Kier molecular flexibility index (Phi) is 6.77. The number of sulfonamides is 1. The van der Waals surface area contributed by atoms with Crippen molar-refractivity contribution in [2.75, 3.05) is 26.2 Å². The first-order chi connectivity index (χ1) is 12.2. The molecule has 1 N–H and O–H groups in total. The molecule has 7 nitrogen and oxygen atoms in total. The second-order valence-corrected chi connectivity index (χ2v) is 8.80. The summed E-state index contributed by atoms with van der Waals surface area (Å²) in [6, 6.07) is 6.74. The second-order valence-electron chi connectivity index (χ2n) is 6.86. The van der Waals surface area contributed by atoms with Gasteiger partial charge in [0.15, 0.2) is 0 Å². The van der Waals surface area contributed by atoms with Crippen LogP contribution in [-0.4, -0.2) is 60.8 Å². The Morgan fingerprint density at radius 2 is 1.73 bits per heavy atom. The Balaban J connectivity index is 2.00. The molecule has 0 spiro atoms. The van der Waals surface area contributed by atoms with Crippen molar-refractivity contribution in [3.8, 4) is 0 Å². The van der Waals surface area contributed by atoms with Crippen molar-refractivity contribution in [3.05, 3.63) is 29.8 Å². The van der Waals surface area contributed by atoms with Gasteiger partial charge in [0.05, 0.1) is 4.90 Å². The molecule has 1 atom stereocenters. The zero-order valence-electron chi connectivity index (χ0n) is 15.2. The lowest BCUT2D eigenvalue weighted by atomic mass is 10.0. The summed E-state index contributed by atoms with van der Waals surface area (Å²) in [6.07, 6.45) is 0.675. The lowest BCUT2D eigenvalue weighted by Crippen LogP contribution is -2.37. The molecule has 0 saturated carbocycles. The summed E-state index contributed by atoms with van der Waals surface area (Å²) in [5, 5.41) is 8.80. The Bertz CT molecular complexity index is 745. The summed E-state index contributed by atoms with van der Waals surface area (Å²) in [7, 11) is -3.57. The molecule has 1 unspecified atom stereocenters. The molecule has 144 valence electrons. The Hall–Kier alpha value is -1.93. The van der Waals surface area contributed by atoms with Crippen LogP contribution in [0.2, 0.25) is 0 Å². The van der Waals surface area contributed by atoms with Gasteiger partial charge in [0.25, 0.3) is 0 Å². The maximum absolute atomic E-state index is 12.8. The lowest BCUT2D eigenvalue weighted by molar-refractivity contribution is -0.138. The van der Waals surface area contributed by atoms with Crippen LogP contribution in [0.25, 0.3) is 0 Å². The third-order valence-electron chi connectivity index (χ3n) is 4.51. The van der Waals surface area contributed by atoms with Crippen LogP contribution in [0.4, 0.5) is 0 Å². The average Bonchev–Trinajstić information content (AvgIpc) is 2.81. The van der Waals surface area contributed by atoms with Crippen molar-refractivity contribution >= 4 is 21.9 Å². The number of aryl methyl sites for hydroxylation is 1. The van der Waals surface area contributed by atoms with Gasteiger partial charge in [-0.15, -0.1) is 0 Å². The molecule has 1 amide bonds. The zero-order valence-corrected chi connectivity index (χ0v) is 16.0. The van der Waals surface area contributed by atoms with E-state index in [1.165, 1.54) is 4.31 Å². The van der Waals surface area contributed by atoms with E-state index in [1.54, 1.807) is 36.1 Å². The topological polar surface area (TPSA) is 95.0 Å². The van der Waals surface area contributed by atoms with Gasteiger partial charge in [-0.3, -0.25) is 9.59 Å². The van der Waals surface area contributed by atoms with Crippen LogP contribution in [0, 0.1) is 12.8 Å². The quantitative estimate of drug-likeness (QED) is 0.808. The lowest BCUT2D eigenvalue weighted by Gasteiger charge is -2.23. The fraction of sp³-hybridized carbons (Fsp3) is 0.556. The molecule has 0 bridgehead atoms. The van der Waals surface area contributed by atoms with E-state index in [0.29, 0.717) is 26.1 Å². The van der Waals surface area contributed by atoms with Crippen LogP contribution in [0.1, 0.15) is 31.7 Å². The van der Waals surface area contributed by atoms with Crippen LogP contribution in [0.5, 0.6) is 0 Å². The van der Waals surface area contributed by atoms with E-state index >= 15 is 0 Å². The van der Waals surface area contributed by atoms with Gasteiger partial charge in [-0.05, 0) is 31.4 Å². The minimum absolute atomic E-state index is 0.0481. The summed E-state index contributed by atoms with van der Waals surface area (Å²) in [4.78, 5) is 25.0. The predicted molar refractivity (Wildman–Crippen MR) is 97.2 cm³/mol. The first-order valence-corrected chi connectivity index (χ1v) is 10.2. The standard InChI is InChI=1S/C18H26N2O5S/c1-14-4-6-16(7-5-14)26(24,25)20-9-3-8-19(10-11-20)17(21)12-15(2)13-18(22)23/h4-7,15H,3,8-13H2,1-2H3,(H,22,23). The highest BCUT2D eigenvalue weighted by Gasteiger charge is 2.28. The summed E-state index contributed by atoms with van der Waals surface area (Å²) in [5.74, 6) is -1.28. The number of carboxylic acids is 1. The molecule has 1 saturated heterocycles. The number of carboxylic acid groups (broad SMARTS) is 1. The van der Waals surface area contributed by atoms with E-state index in [9.17, 15) is 18.0 Å². The first kappa shape index (κ1) is 20.4. The number of rotatable bonds is 6. The number of benzene rings is 1. The molecule has 1 aliphatic rings. The van der Waals surface area contributed by atoms with Gasteiger partial charge in [-0.2, -0.15) is 4.31 Å². The van der Waals surface area contributed by atoms with Crippen molar-refractivity contribution < 1.29 is 23.1 Å². The van der Waals surface area contributed by atoms with E-state index in [2.05, 4.69) is 0 Å². The first-order valence-electron chi connectivity index (χ1n) is 8.76. The third kappa shape index (κ3) is 5.28. The predicted octanol–water partition coefficient (Wildman–Crippen LogP) is 1.72.